The molecule has 0 aliphatic heterocycles. The Bertz CT molecular complexity index is 833. The van der Waals surface area contributed by atoms with Gasteiger partial charge in [-0.2, -0.15) is 5.10 Å². The minimum atomic E-state index is -0.517. The number of carbonyl (C=O) groups is 2. The summed E-state index contributed by atoms with van der Waals surface area (Å²) in [7, 11) is 0. The first kappa shape index (κ1) is 17.8. The highest BCUT2D eigenvalue weighted by molar-refractivity contribution is 5.96. The van der Waals surface area contributed by atoms with Crippen molar-refractivity contribution in [3.8, 4) is 0 Å². The Labute approximate surface area is 143 Å². The van der Waals surface area contributed by atoms with Crippen LogP contribution in [0.15, 0.2) is 53.6 Å². The molecule has 2 aromatic rings. The Morgan fingerprint density at radius 3 is 2.68 bits per heavy atom. The van der Waals surface area contributed by atoms with Crippen molar-refractivity contribution >= 4 is 23.7 Å². The summed E-state index contributed by atoms with van der Waals surface area (Å²) in [4.78, 5) is 33.7. The van der Waals surface area contributed by atoms with Gasteiger partial charge in [-0.1, -0.05) is 29.8 Å². The molecular formula is C17H16N4O4. The van der Waals surface area contributed by atoms with Crippen LogP contribution in [-0.2, 0) is 4.79 Å². The summed E-state index contributed by atoms with van der Waals surface area (Å²) in [5, 5.41) is 16.9. The number of nitro groups is 1. The third kappa shape index (κ3) is 5.54. The molecule has 0 bridgehead atoms. The molecular weight excluding hydrogens is 324 g/mol. The van der Waals surface area contributed by atoms with Crippen LogP contribution in [0.25, 0.3) is 0 Å². The number of non-ortho nitro benzene ring substituents is 1. The van der Waals surface area contributed by atoms with E-state index < -0.39 is 10.8 Å². The third-order valence-corrected chi connectivity index (χ3v) is 3.17. The highest BCUT2D eigenvalue weighted by atomic mass is 16.6. The molecule has 25 heavy (non-hydrogen) atoms. The van der Waals surface area contributed by atoms with Crippen molar-refractivity contribution in [2.75, 3.05) is 6.54 Å². The average Bonchev–Trinajstić information content (AvgIpc) is 2.60. The molecule has 0 spiro atoms. The molecule has 0 aromatic heterocycles. The van der Waals surface area contributed by atoms with Crippen molar-refractivity contribution in [1.29, 1.82) is 0 Å². The first-order valence-corrected chi connectivity index (χ1v) is 7.37. The van der Waals surface area contributed by atoms with Gasteiger partial charge in [-0.25, -0.2) is 5.43 Å². The molecule has 0 heterocycles. The van der Waals surface area contributed by atoms with Crippen LogP contribution in [0, 0.1) is 17.0 Å². The lowest BCUT2D eigenvalue weighted by Crippen LogP contribution is -2.34. The molecule has 8 heteroatoms. The summed E-state index contributed by atoms with van der Waals surface area (Å²) in [6, 6.07) is 12.8. The van der Waals surface area contributed by atoms with Crippen molar-refractivity contribution in [1.82, 2.24) is 10.7 Å². The maximum absolute atomic E-state index is 11.9. The fourth-order valence-electron chi connectivity index (χ4n) is 1.99. The number of rotatable bonds is 6. The molecule has 2 rings (SSSR count). The number of amides is 2. The number of aryl methyl sites for hydroxylation is 1. The van der Waals surface area contributed by atoms with E-state index in [-0.39, 0.29) is 18.1 Å². The molecule has 8 nitrogen and oxygen atoms in total. The Kier molecular flexibility index (Phi) is 5.94. The second-order valence-electron chi connectivity index (χ2n) is 5.20. The summed E-state index contributed by atoms with van der Waals surface area (Å²) < 4.78 is 0. The van der Waals surface area contributed by atoms with Gasteiger partial charge in [-0.3, -0.25) is 19.7 Å². The van der Waals surface area contributed by atoms with E-state index >= 15 is 0 Å². The van der Waals surface area contributed by atoms with E-state index in [1.807, 2.05) is 13.0 Å². The number of nitrogens with one attached hydrogen (secondary N) is 2. The molecule has 0 aliphatic carbocycles. The SMILES string of the molecule is Cc1cccc(C(=O)NCC(=O)NN=Cc2cccc([N+](=O)[O-])c2)c1. The Balaban J connectivity index is 1.83. The fraction of sp³-hybridized carbons (Fsp3) is 0.118. The van der Waals surface area contributed by atoms with Crippen LogP contribution in [0.4, 0.5) is 5.69 Å². The first-order valence-electron chi connectivity index (χ1n) is 7.37. The maximum atomic E-state index is 11.9. The van der Waals surface area contributed by atoms with Gasteiger partial charge in [-0.05, 0) is 19.1 Å². The minimum absolute atomic E-state index is 0.0688. The molecule has 0 saturated heterocycles. The lowest BCUT2D eigenvalue weighted by atomic mass is 10.1. The highest BCUT2D eigenvalue weighted by Gasteiger charge is 2.08. The second-order valence-corrected chi connectivity index (χ2v) is 5.20. The molecule has 2 amide bonds. The number of hydrogen-bond donors (Lipinski definition) is 2. The van der Waals surface area contributed by atoms with Crippen molar-refractivity contribution < 1.29 is 14.5 Å². The largest absolute Gasteiger partial charge is 0.343 e. The summed E-state index contributed by atoms with van der Waals surface area (Å²) >= 11 is 0. The van der Waals surface area contributed by atoms with E-state index in [2.05, 4.69) is 15.8 Å². The number of benzene rings is 2. The minimum Gasteiger partial charge on any atom is -0.343 e. The van der Waals surface area contributed by atoms with Crippen molar-refractivity contribution in [2.24, 2.45) is 5.10 Å². The van der Waals surface area contributed by atoms with E-state index in [1.165, 1.54) is 24.4 Å². The van der Waals surface area contributed by atoms with Crippen molar-refractivity contribution in [3.05, 3.63) is 75.3 Å². The number of nitrogens with zero attached hydrogens (tertiary/aromatic N) is 2. The van der Waals surface area contributed by atoms with E-state index in [0.717, 1.165) is 5.56 Å². The summed E-state index contributed by atoms with van der Waals surface area (Å²) in [5.41, 5.74) is 4.05. The van der Waals surface area contributed by atoms with Gasteiger partial charge in [0.2, 0.25) is 0 Å². The lowest BCUT2D eigenvalue weighted by molar-refractivity contribution is -0.384. The average molecular weight is 340 g/mol. The highest BCUT2D eigenvalue weighted by Crippen LogP contribution is 2.11. The topological polar surface area (TPSA) is 114 Å². The summed E-state index contributed by atoms with van der Waals surface area (Å²) in [6.07, 6.45) is 1.28. The smallest absolute Gasteiger partial charge is 0.270 e. The molecule has 128 valence electrons. The Hall–Kier alpha value is -3.55. The summed E-state index contributed by atoms with van der Waals surface area (Å²) in [6.45, 7) is 1.63. The third-order valence-electron chi connectivity index (χ3n) is 3.17. The second kappa shape index (κ2) is 8.34. The lowest BCUT2D eigenvalue weighted by Gasteiger charge is -2.04. The van der Waals surface area contributed by atoms with E-state index in [9.17, 15) is 19.7 Å². The zero-order chi connectivity index (χ0) is 18.2. The van der Waals surface area contributed by atoms with Crippen LogP contribution in [-0.4, -0.2) is 29.5 Å². The van der Waals surface area contributed by atoms with E-state index in [1.54, 1.807) is 24.3 Å². The predicted octanol–water partition coefficient (Wildman–Crippen LogP) is 1.78. The molecule has 2 aromatic carbocycles. The standard InChI is InChI=1S/C17H16N4O4/c1-12-4-2-6-14(8-12)17(23)18-11-16(22)20-19-10-13-5-3-7-15(9-13)21(24)25/h2-10H,11H2,1H3,(H,18,23)(H,20,22). The fourth-order valence-corrected chi connectivity index (χ4v) is 1.99. The molecule has 2 N–H and O–H groups in total. The van der Waals surface area contributed by atoms with Gasteiger partial charge < -0.3 is 5.32 Å². The van der Waals surface area contributed by atoms with Crippen LogP contribution in [0.5, 0.6) is 0 Å². The van der Waals surface area contributed by atoms with Gasteiger partial charge in [0.1, 0.15) is 0 Å². The van der Waals surface area contributed by atoms with E-state index in [4.69, 9.17) is 0 Å². The molecule has 0 aliphatic rings. The van der Waals surface area contributed by atoms with Gasteiger partial charge in [0.15, 0.2) is 0 Å². The first-order chi connectivity index (χ1) is 12.0. The van der Waals surface area contributed by atoms with Gasteiger partial charge in [0, 0.05) is 23.3 Å². The molecule has 0 saturated carbocycles. The van der Waals surface area contributed by atoms with Crippen LogP contribution < -0.4 is 10.7 Å². The number of nitro benzene ring substituents is 1. The molecule has 0 atom stereocenters. The monoisotopic (exact) mass is 340 g/mol. The molecule has 0 radical (unpaired) electrons. The normalized spacial score (nSPS) is 10.4. The van der Waals surface area contributed by atoms with Gasteiger partial charge >= 0.3 is 0 Å². The maximum Gasteiger partial charge on any atom is 0.270 e. The van der Waals surface area contributed by atoms with Crippen LogP contribution in [0.1, 0.15) is 21.5 Å². The predicted molar refractivity (Wildman–Crippen MR) is 92.3 cm³/mol. The zero-order valence-corrected chi connectivity index (χ0v) is 13.4. The van der Waals surface area contributed by atoms with Gasteiger partial charge in [-0.15, -0.1) is 0 Å². The molecule has 0 fully saturated rings. The Morgan fingerprint density at radius 1 is 1.20 bits per heavy atom. The summed E-state index contributed by atoms with van der Waals surface area (Å²) in [5.74, 6) is -0.871. The van der Waals surface area contributed by atoms with Gasteiger partial charge in [0.05, 0.1) is 17.7 Å². The number of carbonyl (C=O) groups excluding carboxylic acids is 2. The van der Waals surface area contributed by atoms with Crippen molar-refractivity contribution in [2.45, 2.75) is 6.92 Å². The van der Waals surface area contributed by atoms with E-state index in [0.29, 0.717) is 11.1 Å². The number of hydrogen-bond acceptors (Lipinski definition) is 5. The zero-order valence-electron chi connectivity index (χ0n) is 13.4. The van der Waals surface area contributed by atoms with Crippen LogP contribution >= 0.6 is 0 Å². The van der Waals surface area contributed by atoms with Crippen molar-refractivity contribution in [3.63, 3.8) is 0 Å². The van der Waals surface area contributed by atoms with Crippen LogP contribution in [0.2, 0.25) is 0 Å². The van der Waals surface area contributed by atoms with Crippen LogP contribution in [0.3, 0.4) is 0 Å². The molecule has 0 unspecified atom stereocenters. The quantitative estimate of drug-likeness (QED) is 0.474. The Morgan fingerprint density at radius 2 is 1.96 bits per heavy atom. The van der Waals surface area contributed by atoms with Gasteiger partial charge in [0.25, 0.3) is 17.5 Å². The number of hydrazone groups is 1.